The molecule has 0 unspecified atom stereocenters. The predicted molar refractivity (Wildman–Crippen MR) is 85.0 cm³/mol. The maximum Gasteiger partial charge on any atom is 0.164 e. The van der Waals surface area contributed by atoms with Crippen molar-refractivity contribution in [3.8, 4) is 0 Å². The smallest absolute Gasteiger partial charge is 0.164 e. The van der Waals surface area contributed by atoms with Crippen LogP contribution in [-0.2, 0) is 13.0 Å². The Kier molecular flexibility index (Phi) is 3.11. The van der Waals surface area contributed by atoms with Gasteiger partial charge >= 0.3 is 0 Å². The quantitative estimate of drug-likeness (QED) is 0.669. The van der Waals surface area contributed by atoms with Crippen LogP contribution in [0.4, 0.5) is 0 Å². The van der Waals surface area contributed by atoms with Gasteiger partial charge in [0.25, 0.3) is 0 Å². The zero-order chi connectivity index (χ0) is 14.2. The number of nitrogens with zero attached hydrogens (tertiary/aromatic N) is 2. The summed E-state index contributed by atoms with van der Waals surface area (Å²) in [7, 11) is 0. The molecule has 2 heterocycles. The molecule has 21 heavy (non-hydrogen) atoms. The Morgan fingerprint density at radius 2 is 2.00 bits per heavy atom. The molecule has 0 bridgehead atoms. The molecule has 2 aromatic heterocycles. The molecule has 1 aliphatic carbocycles. The van der Waals surface area contributed by atoms with E-state index < -0.39 is 0 Å². The van der Waals surface area contributed by atoms with Crippen LogP contribution in [0, 0.1) is 0 Å². The lowest BCUT2D eigenvalue weighted by Gasteiger charge is -1.99. The van der Waals surface area contributed by atoms with Crippen molar-refractivity contribution in [2.45, 2.75) is 32.2 Å². The zero-order valence-electron chi connectivity index (χ0n) is 11.7. The van der Waals surface area contributed by atoms with E-state index in [0.29, 0.717) is 12.2 Å². The van der Waals surface area contributed by atoms with Crippen molar-refractivity contribution < 1.29 is 4.79 Å². The van der Waals surface area contributed by atoms with E-state index in [-0.39, 0.29) is 0 Å². The number of para-hydroxylation sites is 1. The molecule has 0 aliphatic heterocycles. The van der Waals surface area contributed by atoms with E-state index in [0.717, 1.165) is 41.9 Å². The van der Waals surface area contributed by atoms with Crippen LogP contribution < -0.4 is 0 Å². The molecule has 3 nitrogen and oxygen atoms in total. The Balaban J connectivity index is 1.65. The highest BCUT2D eigenvalue weighted by Crippen LogP contribution is 2.25. The first kappa shape index (κ1) is 12.8. The summed E-state index contributed by atoms with van der Waals surface area (Å²) in [5.74, 6) is 0.297. The van der Waals surface area contributed by atoms with Crippen molar-refractivity contribution in [3.63, 3.8) is 0 Å². The number of fused-ring (bicyclic) bond motifs is 2. The van der Waals surface area contributed by atoms with Crippen LogP contribution in [0.25, 0.3) is 10.2 Å². The largest absolute Gasteiger partial charge is 0.346 e. The standard InChI is InChI=1S/C17H16N2OS/c20-15-7-3-1-5-12-9-19(10-13(12)15)11-17-18-14-6-2-4-8-16(14)21-17/h2,4,6,8-10H,1,3,5,7,11H2. The molecule has 4 rings (SSSR count). The summed E-state index contributed by atoms with van der Waals surface area (Å²) in [5, 5.41) is 1.09. The van der Waals surface area contributed by atoms with Gasteiger partial charge in [-0.25, -0.2) is 4.98 Å². The summed E-state index contributed by atoms with van der Waals surface area (Å²) in [4.78, 5) is 16.8. The maximum absolute atomic E-state index is 12.1. The van der Waals surface area contributed by atoms with Gasteiger partial charge in [-0.3, -0.25) is 4.79 Å². The van der Waals surface area contributed by atoms with Gasteiger partial charge in [0.2, 0.25) is 0 Å². The first-order valence-electron chi connectivity index (χ1n) is 7.36. The van der Waals surface area contributed by atoms with Crippen molar-refractivity contribution in [2.24, 2.45) is 0 Å². The fourth-order valence-corrected chi connectivity index (χ4v) is 3.95. The molecule has 0 saturated heterocycles. The molecule has 106 valence electrons. The van der Waals surface area contributed by atoms with Gasteiger partial charge in [-0.2, -0.15) is 0 Å². The van der Waals surface area contributed by atoms with Gasteiger partial charge in [0.1, 0.15) is 5.01 Å². The summed E-state index contributed by atoms with van der Waals surface area (Å²) in [6, 6.07) is 8.21. The molecule has 1 aromatic carbocycles. The van der Waals surface area contributed by atoms with Gasteiger partial charge in [-0.15, -0.1) is 11.3 Å². The monoisotopic (exact) mass is 296 g/mol. The van der Waals surface area contributed by atoms with Crippen LogP contribution in [0.15, 0.2) is 36.7 Å². The average Bonchev–Trinajstić information content (AvgIpc) is 3.02. The summed E-state index contributed by atoms with van der Waals surface area (Å²) in [6.45, 7) is 0.750. The second-order valence-electron chi connectivity index (χ2n) is 5.58. The average molecular weight is 296 g/mol. The Labute approximate surface area is 127 Å². The minimum absolute atomic E-state index is 0.297. The fraction of sp³-hybridized carbons (Fsp3) is 0.294. The number of ketones is 1. The molecule has 0 saturated carbocycles. The van der Waals surface area contributed by atoms with Crippen LogP contribution in [0.2, 0.25) is 0 Å². The van der Waals surface area contributed by atoms with Crippen LogP contribution in [0.3, 0.4) is 0 Å². The number of hydrogen-bond donors (Lipinski definition) is 0. The van der Waals surface area contributed by atoms with E-state index in [1.807, 2.05) is 24.4 Å². The lowest BCUT2D eigenvalue weighted by molar-refractivity contribution is 0.0982. The molecule has 0 atom stereocenters. The number of carbonyl (C=O) groups excluding carboxylic acids is 1. The highest BCUT2D eigenvalue weighted by Gasteiger charge is 2.18. The molecule has 3 aromatic rings. The minimum atomic E-state index is 0.297. The number of aryl methyl sites for hydroxylation is 1. The Morgan fingerprint density at radius 1 is 1.14 bits per heavy atom. The van der Waals surface area contributed by atoms with Gasteiger partial charge in [-0.1, -0.05) is 12.1 Å². The molecule has 0 radical (unpaired) electrons. The minimum Gasteiger partial charge on any atom is -0.346 e. The normalized spacial score (nSPS) is 15.1. The third-order valence-electron chi connectivity index (χ3n) is 4.02. The van der Waals surface area contributed by atoms with Gasteiger partial charge in [0.05, 0.1) is 16.8 Å². The molecule has 1 aliphatic rings. The van der Waals surface area contributed by atoms with E-state index in [2.05, 4.69) is 21.8 Å². The van der Waals surface area contributed by atoms with E-state index >= 15 is 0 Å². The fourth-order valence-electron chi connectivity index (χ4n) is 2.98. The third-order valence-corrected chi connectivity index (χ3v) is 5.04. The Hall–Kier alpha value is -1.94. The molecular formula is C17H16N2OS. The van der Waals surface area contributed by atoms with Crippen molar-refractivity contribution in [3.05, 3.63) is 52.8 Å². The topological polar surface area (TPSA) is 34.9 Å². The lowest BCUT2D eigenvalue weighted by Crippen LogP contribution is -1.98. The summed E-state index contributed by atoms with van der Waals surface area (Å²) in [5.41, 5.74) is 3.19. The number of Topliss-reactive ketones (excluding diaryl/α,β-unsaturated/α-hetero) is 1. The van der Waals surface area contributed by atoms with E-state index in [1.165, 1.54) is 10.3 Å². The summed E-state index contributed by atoms with van der Waals surface area (Å²) >= 11 is 1.73. The molecular weight excluding hydrogens is 280 g/mol. The van der Waals surface area contributed by atoms with Crippen LogP contribution in [-0.4, -0.2) is 15.3 Å². The molecule has 0 N–H and O–H groups in total. The number of aromatic nitrogens is 2. The van der Waals surface area contributed by atoms with Gasteiger partial charge < -0.3 is 4.57 Å². The van der Waals surface area contributed by atoms with Gasteiger partial charge in [-0.05, 0) is 37.0 Å². The van der Waals surface area contributed by atoms with Gasteiger partial charge in [0.15, 0.2) is 5.78 Å². The number of carbonyl (C=O) groups is 1. The van der Waals surface area contributed by atoms with Crippen molar-refractivity contribution >= 4 is 27.3 Å². The molecule has 0 fully saturated rings. The van der Waals surface area contributed by atoms with E-state index in [1.54, 1.807) is 11.3 Å². The first-order chi connectivity index (χ1) is 10.3. The third kappa shape index (κ3) is 2.40. The highest BCUT2D eigenvalue weighted by atomic mass is 32.1. The van der Waals surface area contributed by atoms with Crippen molar-refractivity contribution in [1.82, 2.24) is 9.55 Å². The van der Waals surface area contributed by atoms with Crippen LogP contribution >= 0.6 is 11.3 Å². The van der Waals surface area contributed by atoms with E-state index in [4.69, 9.17) is 0 Å². The maximum atomic E-state index is 12.1. The lowest BCUT2D eigenvalue weighted by atomic mass is 10.1. The van der Waals surface area contributed by atoms with Gasteiger partial charge in [0, 0.05) is 24.4 Å². The Morgan fingerprint density at radius 3 is 2.90 bits per heavy atom. The molecule has 0 amide bonds. The summed E-state index contributed by atoms with van der Waals surface area (Å²) in [6.07, 6.45) is 7.99. The van der Waals surface area contributed by atoms with Crippen molar-refractivity contribution in [2.75, 3.05) is 0 Å². The SMILES string of the molecule is O=C1CCCCc2cn(Cc3nc4ccccc4s3)cc21. The predicted octanol–water partition coefficient (Wildman–Crippen LogP) is 4.06. The first-order valence-corrected chi connectivity index (χ1v) is 8.17. The summed E-state index contributed by atoms with van der Waals surface area (Å²) < 4.78 is 3.34. The number of benzene rings is 1. The number of hydrogen-bond acceptors (Lipinski definition) is 3. The van der Waals surface area contributed by atoms with Crippen LogP contribution in [0.1, 0.15) is 40.2 Å². The number of rotatable bonds is 2. The molecule has 0 spiro atoms. The Bertz CT molecular complexity index is 782. The zero-order valence-corrected chi connectivity index (χ0v) is 12.5. The highest BCUT2D eigenvalue weighted by molar-refractivity contribution is 7.18. The van der Waals surface area contributed by atoms with E-state index in [9.17, 15) is 4.79 Å². The number of thiazole rings is 1. The van der Waals surface area contributed by atoms with Crippen LogP contribution in [0.5, 0.6) is 0 Å². The second kappa shape index (κ2) is 5.11. The molecule has 4 heteroatoms. The van der Waals surface area contributed by atoms with Crippen molar-refractivity contribution in [1.29, 1.82) is 0 Å². The second-order valence-corrected chi connectivity index (χ2v) is 6.69.